The van der Waals surface area contributed by atoms with E-state index in [0.29, 0.717) is 16.7 Å². The zero-order chi connectivity index (χ0) is 20.3. The van der Waals surface area contributed by atoms with Crippen LogP contribution < -0.4 is 0 Å². The number of rotatable bonds is 6. The first-order valence-electron chi connectivity index (χ1n) is 8.99. The second-order valence-corrected chi connectivity index (χ2v) is 6.73. The number of benzene rings is 3. The predicted octanol–water partition coefficient (Wildman–Crippen LogP) is 7.33. The molecule has 0 aliphatic heterocycles. The molecule has 0 amide bonds. The SMILES string of the molecule is C=CCCc1ccc(-c2cc(F)c(-c3cc(C)c(CF)c(F)c3)c(F)c2)cc1. The summed E-state index contributed by atoms with van der Waals surface area (Å²) in [7, 11) is 0. The summed E-state index contributed by atoms with van der Waals surface area (Å²) in [5, 5.41) is 0. The smallest absolute Gasteiger partial charge is 0.134 e. The highest BCUT2D eigenvalue weighted by atomic mass is 19.1. The van der Waals surface area contributed by atoms with Crippen LogP contribution in [0.4, 0.5) is 17.6 Å². The van der Waals surface area contributed by atoms with Gasteiger partial charge in [-0.25, -0.2) is 17.6 Å². The van der Waals surface area contributed by atoms with Gasteiger partial charge < -0.3 is 0 Å². The Bertz CT molecular complexity index is 958. The zero-order valence-electron chi connectivity index (χ0n) is 15.5. The second-order valence-electron chi connectivity index (χ2n) is 6.73. The van der Waals surface area contributed by atoms with Gasteiger partial charge in [-0.3, -0.25) is 0 Å². The van der Waals surface area contributed by atoms with Gasteiger partial charge in [-0.1, -0.05) is 36.4 Å². The fourth-order valence-corrected chi connectivity index (χ4v) is 3.24. The van der Waals surface area contributed by atoms with Gasteiger partial charge in [0.1, 0.15) is 24.1 Å². The Morgan fingerprint density at radius 3 is 1.96 bits per heavy atom. The van der Waals surface area contributed by atoms with Gasteiger partial charge in [-0.15, -0.1) is 6.58 Å². The lowest BCUT2D eigenvalue weighted by molar-refractivity contribution is 0.462. The first-order chi connectivity index (χ1) is 13.4. The molecule has 4 heteroatoms. The lowest BCUT2D eigenvalue weighted by Gasteiger charge is -2.12. The van der Waals surface area contributed by atoms with Crippen LogP contribution in [-0.4, -0.2) is 0 Å². The molecule has 0 nitrogen and oxygen atoms in total. The molecule has 0 spiro atoms. The Morgan fingerprint density at radius 2 is 1.43 bits per heavy atom. The molecule has 3 aromatic rings. The van der Waals surface area contributed by atoms with Gasteiger partial charge in [0.15, 0.2) is 0 Å². The van der Waals surface area contributed by atoms with Crippen LogP contribution in [0.1, 0.15) is 23.1 Å². The van der Waals surface area contributed by atoms with E-state index in [9.17, 15) is 17.6 Å². The largest absolute Gasteiger partial charge is 0.246 e. The molecule has 0 aliphatic rings. The molecule has 0 radical (unpaired) electrons. The highest BCUT2D eigenvalue weighted by Crippen LogP contribution is 2.33. The second kappa shape index (κ2) is 8.42. The van der Waals surface area contributed by atoms with Crippen LogP contribution in [0.5, 0.6) is 0 Å². The zero-order valence-corrected chi connectivity index (χ0v) is 15.5. The molecular formula is C24H20F4. The standard InChI is InChI=1S/C24H20F4/c1-3-4-5-16-6-8-17(9-7-16)18-11-22(27)24(23(28)12-18)19-10-15(2)20(14-25)21(26)13-19/h3,6-13H,1,4-5,14H2,2H3. The molecule has 0 N–H and O–H groups in total. The summed E-state index contributed by atoms with van der Waals surface area (Å²) in [6.07, 6.45) is 3.54. The molecule has 0 fully saturated rings. The van der Waals surface area contributed by atoms with E-state index in [1.165, 1.54) is 25.1 Å². The fraction of sp³-hybridized carbons (Fsp3) is 0.167. The van der Waals surface area contributed by atoms with Gasteiger partial charge in [0.2, 0.25) is 0 Å². The van der Waals surface area contributed by atoms with Gasteiger partial charge in [0.25, 0.3) is 0 Å². The van der Waals surface area contributed by atoms with E-state index >= 15 is 0 Å². The van der Waals surface area contributed by atoms with Gasteiger partial charge in [-0.2, -0.15) is 0 Å². The number of alkyl halides is 1. The average molecular weight is 384 g/mol. The Kier molecular flexibility index (Phi) is 5.98. The van der Waals surface area contributed by atoms with Crippen LogP contribution in [0.3, 0.4) is 0 Å². The van der Waals surface area contributed by atoms with Crippen molar-refractivity contribution in [2.24, 2.45) is 0 Å². The number of halogens is 4. The molecule has 0 unspecified atom stereocenters. The Hall–Kier alpha value is -2.88. The first kappa shape index (κ1) is 19.9. The van der Waals surface area contributed by atoms with Crippen molar-refractivity contribution in [2.75, 3.05) is 0 Å². The molecule has 0 saturated carbocycles. The molecule has 28 heavy (non-hydrogen) atoms. The average Bonchev–Trinajstić information content (AvgIpc) is 2.66. The van der Waals surface area contributed by atoms with E-state index in [1.54, 1.807) is 0 Å². The van der Waals surface area contributed by atoms with Crippen LogP contribution in [0, 0.1) is 24.4 Å². The predicted molar refractivity (Wildman–Crippen MR) is 105 cm³/mol. The van der Waals surface area contributed by atoms with Gasteiger partial charge >= 0.3 is 0 Å². The van der Waals surface area contributed by atoms with Crippen molar-refractivity contribution in [1.82, 2.24) is 0 Å². The number of allylic oxidation sites excluding steroid dienone is 1. The molecule has 0 saturated heterocycles. The number of hydrogen-bond donors (Lipinski definition) is 0. The number of aryl methyl sites for hydroxylation is 2. The summed E-state index contributed by atoms with van der Waals surface area (Å²) in [6, 6.07) is 12.3. The summed E-state index contributed by atoms with van der Waals surface area (Å²) in [5.41, 5.74) is 2.13. The van der Waals surface area contributed by atoms with Crippen LogP contribution in [0.25, 0.3) is 22.3 Å². The summed E-state index contributed by atoms with van der Waals surface area (Å²) >= 11 is 0. The van der Waals surface area contributed by atoms with E-state index in [2.05, 4.69) is 6.58 Å². The molecule has 0 heterocycles. The lowest BCUT2D eigenvalue weighted by atomic mass is 9.95. The van der Waals surface area contributed by atoms with Crippen molar-refractivity contribution < 1.29 is 17.6 Å². The summed E-state index contributed by atoms with van der Waals surface area (Å²) in [6.45, 7) is 4.23. The third-order valence-electron chi connectivity index (χ3n) is 4.81. The minimum atomic E-state index is -0.968. The van der Waals surface area contributed by atoms with E-state index in [-0.39, 0.29) is 16.7 Å². The highest BCUT2D eigenvalue weighted by molar-refractivity contribution is 5.72. The molecule has 3 aromatic carbocycles. The van der Waals surface area contributed by atoms with Gasteiger partial charge in [0.05, 0.1) is 5.56 Å². The fourth-order valence-electron chi connectivity index (χ4n) is 3.24. The monoisotopic (exact) mass is 384 g/mol. The van der Waals surface area contributed by atoms with Crippen LogP contribution in [0.2, 0.25) is 0 Å². The van der Waals surface area contributed by atoms with Crippen LogP contribution in [-0.2, 0) is 13.1 Å². The molecule has 144 valence electrons. The minimum Gasteiger partial charge on any atom is -0.246 e. The molecule has 0 aliphatic carbocycles. The maximum Gasteiger partial charge on any atom is 0.134 e. The Morgan fingerprint density at radius 1 is 0.821 bits per heavy atom. The summed E-state index contributed by atoms with van der Waals surface area (Å²) in [5.74, 6) is -2.40. The molecular weight excluding hydrogens is 364 g/mol. The maximum absolute atomic E-state index is 14.7. The Labute approximate surface area is 162 Å². The minimum absolute atomic E-state index is 0.0496. The third kappa shape index (κ3) is 4.01. The topological polar surface area (TPSA) is 0 Å². The number of hydrogen-bond acceptors (Lipinski definition) is 0. The van der Waals surface area contributed by atoms with Gasteiger partial charge in [-0.05, 0) is 65.8 Å². The van der Waals surface area contributed by atoms with Gasteiger partial charge in [0, 0.05) is 5.56 Å². The molecule has 0 atom stereocenters. The van der Waals surface area contributed by atoms with E-state index in [4.69, 9.17) is 0 Å². The third-order valence-corrected chi connectivity index (χ3v) is 4.81. The molecule has 0 aromatic heterocycles. The van der Waals surface area contributed by atoms with E-state index in [1.807, 2.05) is 30.3 Å². The van der Waals surface area contributed by atoms with E-state index in [0.717, 1.165) is 24.5 Å². The van der Waals surface area contributed by atoms with Crippen molar-refractivity contribution in [3.05, 3.63) is 95.3 Å². The molecule has 0 bridgehead atoms. The molecule has 3 rings (SSSR count). The quantitative estimate of drug-likeness (QED) is 0.308. The maximum atomic E-state index is 14.7. The summed E-state index contributed by atoms with van der Waals surface area (Å²) < 4.78 is 56.4. The van der Waals surface area contributed by atoms with Crippen molar-refractivity contribution in [3.63, 3.8) is 0 Å². The van der Waals surface area contributed by atoms with Crippen molar-refractivity contribution in [3.8, 4) is 22.3 Å². The van der Waals surface area contributed by atoms with E-state index < -0.39 is 24.1 Å². The Balaban J connectivity index is 1.99. The van der Waals surface area contributed by atoms with Crippen LogP contribution >= 0.6 is 0 Å². The lowest BCUT2D eigenvalue weighted by Crippen LogP contribution is -1.97. The normalized spacial score (nSPS) is 10.9. The van der Waals surface area contributed by atoms with Crippen molar-refractivity contribution >= 4 is 0 Å². The summed E-state index contributed by atoms with van der Waals surface area (Å²) in [4.78, 5) is 0. The van der Waals surface area contributed by atoms with Crippen molar-refractivity contribution in [1.29, 1.82) is 0 Å². The highest BCUT2D eigenvalue weighted by Gasteiger charge is 2.17. The van der Waals surface area contributed by atoms with Crippen LogP contribution in [0.15, 0.2) is 61.2 Å². The van der Waals surface area contributed by atoms with Crippen molar-refractivity contribution in [2.45, 2.75) is 26.4 Å². The first-order valence-corrected chi connectivity index (χ1v) is 8.99.